The Bertz CT molecular complexity index is 462. The maximum absolute atomic E-state index is 11.8. The molecular formula is C19H36N2O7. The van der Waals surface area contributed by atoms with Gasteiger partial charge < -0.3 is 40.5 Å². The number of hydrogen-bond donors (Lipinski definition) is 6. The summed E-state index contributed by atoms with van der Waals surface area (Å²) in [5.41, 5.74) is 1.06. The standard InChI is InChI=1S/C19H36N2O7/c1-3-20-13(2)8-6-4-5-7-9-15(23)21-10-11-27-19-18(26)17(25)16(24)14(12-22)28-19/h14,16-20,22,24-26H,2-12H2,1H3,(H,21,23)/t14-,16-,17+,18+,19+/m1/s1. The number of ether oxygens (including phenoxy) is 2. The second-order valence-corrected chi connectivity index (χ2v) is 6.97. The molecule has 1 amide bonds. The van der Waals surface area contributed by atoms with Crippen LogP contribution in [0.3, 0.4) is 0 Å². The van der Waals surface area contributed by atoms with Gasteiger partial charge in [0.2, 0.25) is 5.91 Å². The maximum atomic E-state index is 11.8. The van der Waals surface area contributed by atoms with Crippen LogP contribution >= 0.6 is 0 Å². The van der Waals surface area contributed by atoms with Crippen molar-refractivity contribution in [3.8, 4) is 0 Å². The van der Waals surface area contributed by atoms with E-state index in [1.54, 1.807) is 0 Å². The molecule has 0 aliphatic carbocycles. The Hall–Kier alpha value is -1.23. The molecule has 0 bridgehead atoms. The van der Waals surface area contributed by atoms with Crippen LogP contribution in [0.5, 0.6) is 0 Å². The summed E-state index contributed by atoms with van der Waals surface area (Å²) in [6, 6.07) is 0. The first-order valence-electron chi connectivity index (χ1n) is 10.0. The number of aliphatic hydroxyl groups excluding tert-OH is 4. The normalized spacial score (nSPS) is 27.4. The van der Waals surface area contributed by atoms with Crippen LogP contribution < -0.4 is 10.6 Å². The first-order chi connectivity index (χ1) is 13.4. The number of carbonyl (C=O) groups is 1. The summed E-state index contributed by atoms with van der Waals surface area (Å²) >= 11 is 0. The Morgan fingerprint density at radius 2 is 1.71 bits per heavy atom. The molecule has 0 aromatic carbocycles. The van der Waals surface area contributed by atoms with Crippen molar-refractivity contribution < 1.29 is 34.7 Å². The molecular weight excluding hydrogens is 368 g/mol. The minimum Gasteiger partial charge on any atom is -0.394 e. The van der Waals surface area contributed by atoms with Gasteiger partial charge in [-0.25, -0.2) is 0 Å². The van der Waals surface area contributed by atoms with Gasteiger partial charge >= 0.3 is 0 Å². The third-order valence-corrected chi connectivity index (χ3v) is 4.61. The lowest BCUT2D eigenvalue weighted by atomic mass is 9.99. The molecule has 9 nitrogen and oxygen atoms in total. The molecule has 1 heterocycles. The topological polar surface area (TPSA) is 141 Å². The van der Waals surface area contributed by atoms with Crippen molar-refractivity contribution in [3.05, 3.63) is 12.3 Å². The van der Waals surface area contributed by atoms with Crippen molar-refractivity contribution in [2.24, 2.45) is 0 Å². The summed E-state index contributed by atoms with van der Waals surface area (Å²) in [5.74, 6) is -0.0746. The minimum atomic E-state index is -1.47. The fraction of sp³-hybridized carbons (Fsp3) is 0.842. The second-order valence-electron chi connectivity index (χ2n) is 6.97. The van der Waals surface area contributed by atoms with Gasteiger partial charge in [0.25, 0.3) is 0 Å². The van der Waals surface area contributed by atoms with Crippen LogP contribution in [0.25, 0.3) is 0 Å². The third-order valence-electron chi connectivity index (χ3n) is 4.61. The van der Waals surface area contributed by atoms with E-state index >= 15 is 0 Å². The monoisotopic (exact) mass is 404 g/mol. The summed E-state index contributed by atoms with van der Waals surface area (Å²) in [6.07, 6.45) is -1.21. The lowest BCUT2D eigenvalue weighted by Gasteiger charge is -2.39. The zero-order valence-electron chi connectivity index (χ0n) is 16.7. The Labute approximate surface area is 166 Å². The smallest absolute Gasteiger partial charge is 0.220 e. The highest BCUT2D eigenvalue weighted by molar-refractivity contribution is 5.75. The Morgan fingerprint density at radius 1 is 1.04 bits per heavy atom. The van der Waals surface area contributed by atoms with Crippen molar-refractivity contribution in [1.29, 1.82) is 0 Å². The van der Waals surface area contributed by atoms with Gasteiger partial charge in [0.1, 0.15) is 24.4 Å². The van der Waals surface area contributed by atoms with Gasteiger partial charge in [0.15, 0.2) is 6.29 Å². The Balaban J connectivity index is 2.08. The largest absolute Gasteiger partial charge is 0.394 e. The molecule has 28 heavy (non-hydrogen) atoms. The Morgan fingerprint density at radius 3 is 2.36 bits per heavy atom. The van der Waals surface area contributed by atoms with Crippen LogP contribution in [-0.2, 0) is 14.3 Å². The van der Waals surface area contributed by atoms with E-state index in [1.165, 1.54) is 0 Å². The molecule has 1 rings (SSSR count). The third kappa shape index (κ3) is 8.85. The number of hydrogen-bond acceptors (Lipinski definition) is 8. The van der Waals surface area contributed by atoms with Crippen LogP contribution in [0.1, 0.15) is 45.4 Å². The van der Waals surface area contributed by atoms with Crippen LogP contribution in [0.2, 0.25) is 0 Å². The van der Waals surface area contributed by atoms with Crippen molar-refractivity contribution in [3.63, 3.8) is 0 Å². The molecule has 9 heteroatoms. The second kappa shape index (κ2) is 13.9. The number of aliphatic hydroxyl groups is 4. The van der Waals surface area contributed by atoms with Gasteiger partial charge in [-0.15, -0.1) is 0 Å². The number of carbonyl (C=O) groups excluding carboxylic acids is 1. The highest BCUT2D eigenvalue weighted by Crippen LogP contribution is 2.21. The number of amides is 1. The van der Waals surface area contributed by atoms with E-state index < -0.39 is 37.3 Å². The summed E-state index contributed by atoms with van der Waals surface area (Å²) in [5, 5.41) is 44.2. The van der Waals surface area contributed by atoms with Gasteiger partial charge in [-0.2, -0.15) is 0 Å². The molecule has 1 aliphatic heterocycles. The fourth-order valence-electron chi connectivity index (χ4n) is 2.97. The van der Waals surface area contributed by atoms with E-state index in [-0.39, 0.29) is 19.1 Å². The zero-order chi connectivity index (χ0) is 20.9. The van der Waals surface area contributed by atoms with E-state index in [9.17, 15) is 20.1 Å². The molecule has 0 saturated carbocycles. The summed E-state index contributed by atoms with van der Waals surface area (Å²) in [6.45, 7) is 6.66. The predicted molar refractivity (Wildman–Crippen MR) is 103 cm³/mol. The van der Waals surface area contributed by atoms with E-state index in [1.807, 2.05) is 6.92 Å². The van der Waals surface area contributed by atoms with Crippen molar-refractivity contribution in [1.82, 2.24) is 10.6 Å². The van der Waals surface area contributed by atoms with E-state index in [0.717, 1.165) is 44.3 Å². The van der Waals surface area contributed by atoms with Crippen molar-refractivity contribution >= 4 is 5.91 Å². The molecule has 1 fully saturated rings. The SMILES string of the molecule is C=C(CCCCCCC(=O)NCCO[C@H]1O[C@H](CO)[C@@H](O)[C@H](O)[C@@H]1O)NCC. The molecule has 1 aliphatic rings. The quantitative estimate of drug-likeness (QED) is 0.211. The summed E-state index contributed by atoms with van der Waals surface area (Å²) in [7, 11) is 0. The number of rotatable bonds is 14. The lowest BCUT2D eigenvalue weighted by molar-refractivity contribution is -0.300. The van der Waals surface area contributed by atoms with Gasteiger partial charge in [-0.3, -0.25) is 4.79 Å². The van der Waals surface area contributed by atoms with Gasteiger partial charge in [-0.1, -0.05) is 19.4 Å². The molecule has 1 saturated heterocycles. The number of unbranched alkanes of at least 4 members (excludes halogenated alkanes) is 3. The first-order valence-corrected chi connectivity index (χ1v) is 10.0. The van der Waals surface area contributed by atoms with Crippen LogP contribution in [0.15, 0.2) is 12.3 Å². The van der Waals surface area contributed by atoms with Gasteiger partial charge in [0.05, 0.1) is 13.2 Å². The van der Waals surface area contributed by atoms with Crippen molar-refractivity contribution in [2.45, 2.75) is 76.2 Å². The van der Waals surface area contributed by atoms with Crippen LogP contribution in [0, 0.1) is 0 Å². The molecule has 0 radical (unpaired) electrons. The molecule has 0 unspecified atom stereocenters. The fourth-order valence-corrected chi connectivity index (χ4v) is 2.97. The summed E-state index contributed by atoms with van der Waals surface area (Å²) in [4.78, 5) is 11.8. The van der Waals surface area contributed by atoms with E-state index in [4.69, 9.17) is 14.6 Å². The van der Waals surface area contributed by atoms with Crippen LogP contribution in [0.4, 0.5) is 0 Å². The van der Waals surface area contributed by atoms with E-state index in [0.29, 0.717) is 6.42 Å². The molecule has 0 spiro atoms. The highest BCUT2D eigenvalue weighted by atomic mass is 16.7. The van der Waals surface area contributed by atoms with Crippen molar-refractivity contribution in [2.75, 3.05) is 26.3 Å². The van der Waals surface area contributed by atoms with Gasteiger partial charge in [-0.05, 0) is 26.2 Å². The maximum Gasteiger partial charge on any atom is 0.220 e. The molecule has 6 N–H and O–H groups in total. The number of allylic oxidation sites excluding steroid dienone is 1. The molecule has 0 aromatic rings. The summed E-state index contributed by atoms with van der Waals surface area (Å²) < 4.78 is 10.5. The average molecular weight is 405 g/mol. The average Bonchev–Trinajstić information content (AvgIpc) is 2.67. The molecule has 5 atom stereocenters. The zero-order valence-corrected chi connectivity index (χ0v) is 16.7. The molecule has 164 valence electrons. The lowest BCUT2D eigenvalue weighted by Crippen LogP contribution is -2.59. The van der Waals surface area contributed by atoms with E-state index in [2.05, 4.69) is 17.2 Å². The molecule has 0 aromatic heterocycles. The number of nitrogens with one attached hydrogen (secondary N) is 2. The van der Waals surface area contributed by atoms with Crippen LogP contribution in [-0.4, -0.2) is 83.3 Å². The highest BCUT2D eigenvalue weighted by Gasteiger charge is 2.43. The Kier molecular flexibility index (Phi) is 12.3. The first kappa shape index (κ1) is 24.8. The van der Waals surface area contributed by atoms with Gasteiger partial charge in [0, 0.05) is 25.2 Å². The minimum absolute atomic E-state index is 0.0704. The predicted octanol–water partition coefficient (Wildman–Crippen LogP) is -0.617.